The van der Waals surface area contributed by atoms with Crippen LogP contribution in [0.3, 0.4) is 0 Å². The summed E-state index contributed by atoms with van der Waals surface area (Å²) < 4.78 is 5.28. The molecule has 1 saturated heterocycles. The average molecular weight is 284 g/mol. The first-order valence-electron chi connectivity index (χ1n) is 7.71. The molecule has 116 valence electrons. The number of rotatable bonds is 8. The third-order valence-electron chi connectivity index (χ3n) is 4.34. The zero-order valence-electron chi connectivity index (χ0n) is 12.7. The van der Waals surface area contributed by atoms with Gasteiger partial charge in [0.25, 0.3) is 0 Å². The van der Waals surface area contributed by atoms with Crippen LogP contribution in [0.2, 0.25) is 0 Å². The Morgan fingerprint density at radius 1 is 1.30 bits per heavy atom. The minimum Gasteiger partial charge on any atom is -0.381 e. The molecule has 0 aromatic rings. The van der Waals surface area contributed by atoms with Gasteiger partial charge in [-0.05, 0) is 25.7 Å². The van der Waals surface area contributed by atoms with E-state index in [2.05, 4.69) is 12.2 Å². The zero-order chi connectivity index (χ0) is 15.0. The van der Waals surface area contributed by atoms with Gasteiger partial charge in [-0.1, -0.05) is 26.7 Å². The van der Waals surface area contributed by atoms with Crippen LogP contribution in [0.4, 0.5) is 0 Å². The van der Waals surface area contributed by atoms with Gasteiger partial charge < -0.3 is 15.8 Å². The second kappa shape index (κ2) is 8.25. The Labute approximate surface area is 121 Å². The number of carbonyl (C=O) groups is 2. The van der Waals surface area contributed by atoms with Crippen molar-refractivity contribution in [3.05, 3.63) is 0 Å². The highest BCUT2D eigenvalue weighted by Crippen LogP contribution is 2.29. The van der Waals surface area contributed by atoms with E-state index < -0.39 is 5.41 Å². The number of hydrogen-bond acceptors (Lipinski definition) is 3. The lowest BCUT2D eigenvalue weighted by Crippen LogP contribution is -2.50. The summed E-state index contributed by atoms with van der Waals surface area (Å²) in [5.41, 5.74) is 4.90. The summed E-state index contributed by atoms with van der Waals surface area (Å²) in [6, 6.07) is 0. The lowest BCUT2D eigenvalue weighted by atomic mass is 9.79. The Kier molecular flexibility index (Phi) is 6.99. The van der Waals surface area contributed by atoms with Gasteiger partial charge in [-0.25, -0.2) is 0 Å². The molecule has 0 unspecified atom stereocenters. The molecule has 3 N–H and O–H groups in total. The van der Waals surface area contributed by atoms with E-state index in [0.717, 1.165) is 25.7 Å². The van der Waals surface area contributed by atoms with E-state index in [0.29, 0.717) is 32.6 Å². The third kappa shape index (κ3) is 4.47. The summed E-state index contributed by atoms with van der Waals surface area (Å²) in [4.78, 5) is 23.9. The van der Waals surface area contributed by atoms with Crippen molar-refractivity contribution in [1.82, 2.24) is 5.32 Å². The third-order valence-corrected chi connectivity index (χ3v) is 4.34. The SMILES string of the molecule is CCCC[C@H](CC)C(=O)NCC1(C(N)=O)CCOCC1. The molecule has 1 heterocycles. The lowest BCUT2D eigenvalue weighted by molar-refractivity contribution is -0.134. The molecule has 5 nitrogen and oxygen atoms in total. The van der Waals surface area contributed by atoms with Crippen LogP contribution in [0.15, 0.2) is 0 Å². The van der Waals surface area contributed by atoms with E-state index in [1.54, 1.807) is 0 Å². The molecular formula is C15H28N2O3. The van der Waals surface area contributed by atoms with E-state index >= 15 is 0 Å². The van der Waals surface area contributed by atoms with Crippen molar-refractivity contribution in [2.75, 3.05) is 19.8 Å². The van der Waals surface area contributed by atoms with Gasteiger partial charge in [-0.15, -0.1) is 0 Å². The van der Waals surface area contributed by atoms with Crippen LogP contribution in [-0.4, -0.2) is 31.6 Å². The van der Waals surface area contributed by atoms with E-state index in [1.807, 2.05) is 6.92 Å². The molecule has 1 fully saturated rings. The minimum atomic E-state index is -0.628. The van der Waals surface area contributed by atoms with Gasteiger partial charge in [0.2, 0.25) is 11.8 Å². The van der Waals surface area contributed by atoms with Crippen molar-refractivity contribution in [2.45, 2.75) is 52.4 Å². The molecule has 2 amide bonds. The molecule has 0 aromatic carbocycles. The van der Waals surface area contributed by atoms with Crippen LogP contribution in [0.25, 0.3) is 0 Å². The van der Waals surface area contributed by atoms with Gasteiger partial charge in [0, 0.05) is 25.7 Å². The maximum Gasteiger partial charge on any atom is 0.225 e. The predicted octanol–water partition coefficient (Wildman–Crippen LogP) is 1.60. The van der Waals surface area contributed by atoms with Gasteiger partial charge in [-0.3, -0.25) is 9.59 Å². The summed E-state index contributed by atoms with van der Waals surface area (Å²) in [6.07, 6.45) is 5.07. The van der Waals surface area contributed by atoms with Crippen LogP contribution in [0.5, 0.6) is 0 Å². The second-order valence-corrected chi connectivity index (χ2v) is 5.72. The van der Waals surface area contributed by atoms with Gasteiger partial charge >= 0.3 is 0 Å². The lowest BCUT2D eigenvalue weighted by Gasteiger charge is -2.34. The molecule has 0 spiro atoms. The summed E-state index contributed by atoms with van der Waals surface area (Å²) in [7, 11) is 0. The Bertz CT molecular complexity index is 325. The largest absolute Gasteiger partial charge is 0.381 e. The first kappa shape index (κ1) is 17.0. The van der Waals surface area contributed by atoms with Gasteiger partial charge in [-0.2, -0.15) is 0 Å². The maximum atomic E-state index is 12.2. The zero-order valence-corrected chi connectivity index (χ0v) is 12.7. The molecule has 0 aliphatic carbocycles. The van der Waals surface area contributed by atoms with Crippen molar-refractivity contribution in [1.29, 1.82) is 0 Å². The highest BCUT2D eigenvalue weighted by Gasteiger charge is 2.39. The summed E-state index contributed by atoms with van der Waals surface area (Å²) in [5.74, 6) is -0.240. The van der Waals surface area contributed by atoms with Crippen LogP contribution in [0, 0.1) is 11.3 Å². The average Bonchev–Trinajstić information content (AvgIpc) is 2.46. The normalized spacial score (nSPS) is 19.3. The Balaban J connectivity index is 2.53. The molecule has 0 saturated carbocycles. The summed E-state index contributed by atoms with van der Waals surface area (Å²) in [5, 5.41) is 2.94. The quantitative estimate of drug-likeness (QED) is 0.710. The van der Waals surface area contributed by atoms with Gasteiger partial charge in [0.15, 0.2) is 0 Å². The van der Waals surface area contributed by atoms with Crippen molar-refractivity contribution < 1.29 is 14.3 Å². The molecule has 1 rings (SSSR count). The fraction of sp³-hybridized carbons (Fsp3) is 0.867. The molecular weight excluding hydrogens is 256 g/mol. The number of ether oxygens (including phenoxy) is 1. The van der Waals surface area contributed by atoms with Crippen molar-refractivity contribution in [3.8, 4) is 0 Å². The molecule has 0 aromatic heterocycles. The standard InChI is InChI=1S/C15H28N2O3/c1-3-5-6-12(4-2)13(18)17-11-15(14(16)19)7-9-20-10-8-15/h12H,3-11H2,1-2H3,(H2,16,19)(H,17,18)/t12-/m0/s1. The molecule has 0 bridgehead atoms. The number of nitrogens with two attached hydrogens (primary N) is 1. The number of amides is 2. The number of hydrogen-bond donors (Lipinski definition) is 2. The molecule has 0 radical (unpaired) electrons. The highest BCUT2D eigenvalue weighted by molar-refractivity contribution is 5.83. The fourth-order valence-corrected chi connectivity index (χ4v) is 2.64. The number of primary amides is 1. The Morgan fingerprint density at radius 3 is 2.45 bits per heavy atom. The topological polar surface area (TPSA) is 81.4 Å². The first-order chi connectivity index (χ1) is 9.55. The van der Waals surface area contributed by atoms with Crippen LogP contribution < -0.4 is 11.1 Å². The minimum absolute atomic E-state index is 0.0414. The van der Waals surface area contributed by atoms with Crippen LogP contribution >= 0.6 is 0 Å². The number of unbranched alkanes of at least 4 members (excludes halogenated alkanes) is 1. The molecule has 5 heteroatoms. The van der Waals surface area contributed by atoms with Crippen molar-refractivity contribution in [2.24, 2.45) is 17.1 Å². The fourth-order valence-electron chi connectivity index (χ4n) is 2.64. The second-order valence-electron chi connectivity index (χ2n) is 5.72. The van der Waals surface area contributed by atoms with E-state index in [-0.39, 0.29) is 17.7 Å². The Hall–Kier alpha value is -1.10. The van der Waals surface area contributed by atoms with Crippen LogP contribution in [-0.2, 0) is 14.3 Å². The molecule has 1 aliphatic heterocycles. The van der Waals surface area contributed by atoms with E-state index in [4.69, 9.17) is 10.5 Å². The molecule has 1 atom stereocenters. The van der Waals surface area contributed by atoms with E-state index in [9.17, 15) is 9.59 Å². The van der Waals surface area contributed by atoms with Crippen molar-refractivity contribution >= 4 is 11.8 Å². The maximum absolute atomic E-state index is 12.2. The Morgan fingerprint density at radius 2 is 1.95 bits per heavy atom. The monoisotopic (exact) mass is 284 g/mol. The van der Waals surface area contributed by atoms with Crippen LogP contribution in [0.1, 0.15) is 52.4 Å². The summed E-state index contributed by atoms with van der Waals surface area (Å²) >= 11 is 0. The van der Waals surface area contributed by atoms with E-state index in [1.165, 1.54) is 0 Å². The summed E-state index contributed by atoms with van der Waals surface area (Å²) in [6.45, 7) is 5.55. The van der Waals surface area contributed by atoms with Gasteiger partial charge in [0.1, 0.15) is 0 Å². The molecule has 20 heavy (non-hydrogen) atoms. The smallest absolute Gasteiger partial charge is 0.225 e. The first-order valence-corrected chi connectivity index (χ1v) is 7.71. The number of nitrogens with one attached hydrogen (secondary N) is 1. The number of carbonyl (C=O) groups excluding carboxylic acids is 2. The van der Waals surface area contributed by atoms with Gasteiger partial charge in [0.05, 0.1) is 5.41 Å². The highest BCUT2D eigenvalue weighted by atomic mass is 16.5. The van der Waals surface area contributed by atoms with Crippen molar-refractivity contribution in [3.63, 3.8) is 0 Å². The predicted molar refractivity (Wildman–Crippen MR) is 78.0 cm³/mol. The molecule has 1 aliphatic rings.